The first-order valence-corrected chi connectivity index (χ1v) is 8.81. The van der Waals surface area contributed by atoms with Gasteiger partial charge < -0.3 is 9.84 Å². The quantitative estimate of drug-likeness (QED) is 0.842. The molecule has 0 aliphatic carbocycles. The molecule has 0 saturated carbocycles. The van der Waals surface area contributed by atoms with E-state index in [4.69, 9.17) is 4.74 Å². The van der Waals surface area contributed by atoms with Crippen LogP contribution >= 0.6 is 15.9 Å². The maximum atomic E-state index is 13.1. The van der Waals surface area contributed by atoms with E-state index < -0.39 is 11.6 Å². The van der Waals surface area contributed by atoms with E-state index in [9.17, 15) is 9.90 Å². The Hall–Kier alpha value is -2.18. The van der Waals surface area contributed by atoms with Crippen LogP contribution in [0.15, 0.2) is 58.1 Å². The molecule has 0 fully saturated rings. The standard InChI is InChI=1S/C19H19BrN2O3/c1-3-15-12-19(24,13-8-10-14(20)11-9-13)22(21-15)18(23)16-6-4-5-7-17(16)25-2/h4-11,24H,3,12H2,1-2H3/t19-/m0/s1. The van der Waals surface area contributed by atoms with Crippen LogP contribution in [0.1, 0.15) is 35.7 Å². The fourth-order valence-electron chi connectivity index (χ4n) is 2.90. The Balaban J connectivity index is 2.05. The molecule has 1 aliphatic rings. The van der Waals surface area contributed by atoms with Crippen LogP contribution in [-0.2, 0) is 5.72 Å². The van der Waals surface area contributed by atoms with Crippen molar-refractivity contribution in [2.45, 2.75) is 25.5 Å². The number of methoxy groups -OCH3 is 1. The zero-order valence-electron chi connectivity index (χ0n) is 14.1. The lowest BCUT2D eigenvalue weighted by molar-refractivity contribution is -0.0766. The predicted octanol–water partition coefficient (Wildman–Crippen LogP) is 3.91. The minimum Gasteiger partial charge on any atom is -0.496 e. The lowest BCUT2D eigenvalue weighted by Gasteiger charge is -2.31. The summed E-state index contributed by atoms with van der Waals surface area (Å²) in [7, 11) is 1.51. The molecule has 1 aliphatic heterocycles. The van der Waals surface area contributed by atoms with Crippen LogP contribution in [0, 0.1) is 0 Å². The lowest BCUT2D eigenvalue weighted by atomic mass is 9.96. The van der Waals surface area contributed by atoms with Crippen molar-refractivity contribution in [1.82, 2.24) is 5.01 Å². The highest BCUT2D eigenvalue weighted by atomic mass is 79.9. The molecule has 25 heavy (non-hydrogen) atoms. The number of amides is 1. The van der Waals surface area contributed by atoms with E-state index in [0.717, 1.165) is 10.2 Å². The van der Waals surface area contributed by atoms with Gasteiger partial charge in [0.05, 0.1) is 12.7 Å². The Morgan fingerprint density at radius 1 is 1.28 bits per heavy atom. The first-order chi connectivity index (χ1) is 12.0. The molecule has 0 aromatic heterocycles. The van der Waals surface area contributed by atoms with E-state index in [0.29, 0.717) is 23.3 Å². The van der Waals surface area contributed by atoms with Gasteiger partial charge in [-0.05, 0) is 30.7 Å². The molecule has 2 aromatic carbocycles. The van der Waals surface area contributed by atoms with Crippen molar-refractivity contribution in [3.63, 3.8) is 0 Å². The molecule has 0 unspecified atom stereocenters. The fraction of sp³-hybridized carbons (Fsp3) is 0.263. The third-order valence-corrected chi connectivity index (χ3v) is 4.82. The van der Waals surface area contributed by atoms with Crippen LogP contribution in [-0.4, -0.2) is 28.8 Å². The molecule has 2 aromatic rings. The normalized spacial score (nSPS) is 19.7. The van der Waals surface area contributed by atoms with Gasteiger partial charge in [0, 0.05) is 22.2 Å². The summed E-state index contributed by atoms with van der Waals surface area (Å²) in [5.41, 5.74) is 0.241. The van der Waals surface area contributed by atoms with Gasteiger partial charge in [-0.2, -0.15) is 10.1 Å². The first-order valence-electron chi connectivity index (χ1n) is 8.02. The highest BCUT2D eigenvalue weighted by Gasteiger charge is 2.46. The summed E-state index contributed by atoms with van der Waals surface area (Å²) in [6.45, 7) is 1.96. The number of hydrazone groups is 1. The molecule has 5 nitrogen and oxygen atoms in total. The van der Waals surface area contributed by atoms with E-state index in [1.54, 1.807) is 36.4 Å². The van der Waals surface area contributed by atoms with Crippen molar-refractivity contribution in [2.24, 2.45) is 5.10 Å². The summed E-state index contributed by atoms with van der Waals surface area (Å²) in [6.07, 6.45) is 0.945. The number of rotatable bonds is 4. The summed E-state index contributed by atoms with van der Waals surface area (Å²) >= 11 is 3.39. The molecule has 1 heterocycles. The van der Waals surface area contributed by atoms with E-state index in [-0.39, 0.29) is 6.42 Å². The SMILES string of the molecule is CCC1=NN(C(=O)c2ccccc2OC)[C@@](O)(c2ccc(Br)cc2)C1. The van der Waals surface area contributed by atoms with Crippen molar-refractivity contribution in [3.8, 4) is 5.75 Å². The minimum absolute atomic E-state index is 0.284. The molecular weight excluding hydrogens is 384 g/mol. The largest absolute Gasteiger partial charge is 0.496 e. The zero-order chi connectivity index (χ0) is 18.0. The van der Waals surface area contributed by atoms with Gasteiger partial charge in [0.15, 0.2) is 5.72 Å². The van der Waals surface area contributed by atoms with Crippen LogP contribution in [0.25, 0.3) is 0 Å². The summed E-state index contributed by atoms with van der Waals surface area (Å²) in [5.74, 6) is 0.0529. The molecule has 0 radical (unpaired) electrons. The van der Waals surface area contributed by atoms with Crippen LogP contribution < -0.4 is 4.74 Å². The average Bonchev–Trinajstić information content (AvgIpc) is 2.99. The molecule has 6 heteroatoms. The monoisotopic (exact) mass is 402 g/mol. The second-order valence-electron chi connectivity index (χ2n) is 5.84. The maximum Gasteiger partial charge on any atom is 0.280 e. The van der Waals surface area contributed by atoms with Crippen molar-refractivity contribution < 1.29 is 14.6 Å². The lowest BCUT2D eigenvalue weighted by Crippen LogP contribution is -2.43. The van der Waals surface area contributed by atoms with Crippen molar-refractivity contribution in [2.75, 3.05) is 7.11 Å². The van der Waals surface area contributed by atoms with Gasteiger partial charge >= 0.3 is 0 Å². The number of carbonyl (C=O) groups excluding carboxylic acids is 1. The number of para-hydroxylation sites is 1. The Labute approximate surface area is 155 Å². The fourth-order valence-corrected chi connectivity index (χ4v) is 3.17. The third kappa shape index (κ3) is 3.19. The highest BCUT2D eigenvalue weighted by Crippen LogP contribution is 2.38. The Morgan fingerprint density at radius 2 is 1.96 bits per heavy atom. The molecule has 1 atom stereocenters. The summed E-state index contributed by atoms with van der Waals surface area (Å²) < 4.78 is 6.19. The van der Waals surface area contributed by atoms with Crippen LogP contribution in [0.2, 0.25) is 0 Å². The molecule has 0 saturated heterocycles. The van der Waals surface area contributed by atoms with Gasteiger partial charge in [-0.25, -0.2) is 0 Å². The van der Waals surface area contributed by atoms with Crippen molar-refractivity contribution in [3.05, 3.63) is 64.1 Å². The van der Waals surface area contributed by atoms with Gasteiger partial charge in [-0.15, -0.1) is 0 Å². The molecule has 3 rings (SSSR count). The number of carbonyl (C=O) groups is 1. The molecule has 130 valence electrons. The molecule has 0 spiro atoms. The van der Waals surface area contributed by atoms with Gasteiger partial charge in [-0.1, -0.05) is 47.1 Å². The Morgan fingerprint density at radius 3 is 2.60 bits per heavy atom. The number of hydrogen-bond donors (Lipinski definition) is 1. The van der Waals surface area contributed by atoms with Crippen molar-refractivity contribution >= 4 is 27.5 Å². The molecule has 0 bridgehead atoms. The predicted molar refractivity (Wildman–Crippen MR) is 99.5 cm³/mol. The third-order valence-electron chi connectivity index (χ3n) is 4.29. The number of benzene rings is 2. The number of hydrogen-bond acceptors (Lipinski definition) is 4. The summed E-state index contributed by atoms with van der Waals surface area (Å²) in [4.78, 5) is 13.1. The van der Waals surface area contributed by atoms with Gasteiger partial charge in [-0.3, -0.25) is 4.79 Å². The zero-order valence-corrected chi connectivity index (χ0v) is 15.7. The smallest absolute Gasteiger partial charge is 0.280 e. The van der Waals surface area contributed by atoms with Crippen LogP contribution in [0.5, 0.6) is 5.75 Å². The molecule has 1 N–H and O–H groups in total. The van der Waals surface area contributed by atoms with E-state index in [1.165, 1.54) is 12.1 Å². The summed E-state index contributed by atoms with van der Waals surface area (Å²) in [6, 6.07) is 14.2. The molecular formula is C19H19BrN2O3. The maximum absolute atomic E-state index is 13.1. The first kappa shape index (κ1) is 17.6. The number of nitrogens with zero attached hydrogens (tertiary/aromatic N) is 2. The van der Waals surface area contributed by atoms with Gasteiger partial charge in [0.1, 0.15) is 5.75 Å². The number of aliphatic hydroxyl groups is 1. The van der Waals surface area contributed by atoms with Gasteiger partial charge in [0.2, 0.25) is 0 Å². The van der Waals surface area contributed by atoms with Crippen LogP contribution in [0.4, 0.5) is 0 Å². The average molecular weight is 403 g/mol. The van der Waals surface area contributed by atoms with Crippen LogP contribution in [0.3, 0.4) is 0 Å². The highest BCUT2D eigenvalue weighted by molar-refractivity contribution is 9.10. The Kier molecular flexibility index (Phi) is 4.92. The van der Waals surface area contributed by atoms with E-state index in [2.05, 4.69) is 21.0 Å². The topological polar surface area (TPSA) is 62.1 Å². The number of ether oxygens (including phenoxy) is 1. The Bertz CT molecular complexity index is 820. The summed E-state index contributed by atoms with van der Waals surface area (Å²) in [5, 5.41) is 16.9. The van der Waals surface area contributed by atoms with E-state index >= 15 is 0 Å². The second-order valence-corrected chi connectivity index (χ2v) is 6.75. The van der Waals surface area contributed by atoms with Gasteiger partial charge in [0.25, 0.3) is 5.91 Å². The molecule has 1 amide bonds. The van der Waals surface area contributed by atoms with E-state index in [1.807, 2.05) is 19.1 Å². The number of halogens is 1. The second kappa shape index (κ2) is 6.98. The minimum atomic E-state index is -1.51. The van der Waals surface area contributed by atoms with Crippen molar-refractivity contribution in [1.29, 1.82) is 0 Å².